The summed E-state index contributed by atoms with van der Waals surface area (Å²) in [6, 6.07) is 0. The van der Waals surface area contributed by atoms with E-state index in [1.807, 2.05) is 6.92 Å². The van der Waals surface area contributed by atoms with Crippen molar-refractivity contribution in [3.05, 3.63) is 11.6 Å². The van der Waals surface area contributed by atoms with Gasteiger partial charge < -0.3 is 5.11 Å². The average molecular weight is 318 g/mol. The van der Waals surface area contributed by atoms with Gasteiger partial charge in [-0.05, 0) is 86.9 Å². The number of carbonyl (C=O) groups is 1. The van der Waals surface area contributed by atoms with Crippen molar-refractivity contribution in [3.63, 3.8) is 0 Å². The van der Waals surface area contributed by atoms with Gasteiger partial charge in [0.2, 0.25) is 0 Å². The molecule has 0 heterocycles. The monoisotopic (exact) mass is 318 g/mol. The highest BCUT2D eigenvalue weighted by Gasteiger charge is 2.59. The highest BCUT2D eigenvalue weighted by Crippen LogP contribution is 2.66. The lowest BCUT2D eigenvalue weighted by atomic mass is 9.49. The Kier molecular flexibility index (Phi) is 3.58. The fourth-order valence-electron chi connectivity index (χ4n) is 7.31. The zero-order chi connectivity index (χ0) is 16.4. The fraction of sp³-hybridized carbons (Fsp3) is 0.857. The van der Waals surface area contributed by atoms with Gasteiger partial charge in [0.1, 0.15) is 5.78 Å². The summed E-state index contributed by atoms with van der Waals surface area (Å²) in [5.74, 6) is 3.00. The van der Waals surface area contributed by atoms with Crippen molar-refractivity contribution in [3.8, 4) is 0 Å². The predicted octanol–water partition coefficient (Wildman–Crippen LogP) is 4.52. The zero-order valence-electron chi connectivity index (χ0n) is 15.0. The third-order valence-corrected chi connectivity index (χ3v) is 8.57. The van der Waals surface area contributed by atoms with E-state index in [2.05, 4.69) is 19.9 Å². The van der Waals surface area contributed by atoms with Gasteiger partial charge in [0, 0.05) is 5.92 Å². The van der Waals surface area contributed by atoms with Crippen molar-refractivity contribution >= 4 is 5.78 Å². The van der Waals surface area contributed by atoms with Crippen LogP contribution in [0.25, 0.3) is 0 Å². The topological polar surface area (TPSA) is 37.3 Å². The second kappa shape index (κ2) is 5.18. The molecule has 0 aromatic carbocycles. The minimum absolute atomic E-state index is 0.117. The molecule has 2 heteroatoms. The lowest BCUT2D eigenvalue weighted by molar-refractivity contribution is -0.127. The van der Waals surface area contributed by atoms with Crippen molar-refractivity contribution in [2.75, 3.05) is 0 Å². The van der Waals surface area contributed by atoms with Crippen LogP contribution in [0.5, 0.6) is 0 Å². The standard InChI is InChI=1S/C21H32O2/c1-13(22)17-6-7-18-16-5-4-14-12-15(23)8-10-20(14,2)19(16)9-11-21(17,18)3/h4,15-19,23H,5-12H2,1-3H3/t15-,16-,17+,18-,19-,20-,21+/m0/s1/i12+2. The Bertz CT molecular complexity index is 550. The van der Waals surface area contributed by atoms with Crippen LogP contribution < -0.4 is 0 Å². The minimum atomic E-state index is -0.117. The van der Waals surface area contributed by atoms with E-state index in [1.54, 1.807) is 5.57 Å². The number of aliphatic hydroxyl groups excluding tert-OH is 1. The van der Waals surface area contributed by atoms with Crippen molar-refractivity contribution in [2.45, 2.75) is 78.2 Å². The molecule has 23 heavy (non-hydrogen) atoms. The van der Waals surface area contributed by atoms with Crippen LogP contribution in [0.15, 0.2) is 11.6 Å². The molecule has 0 aromatic rings. The summed E-state index contributed by atoms with van der Waals surface area (Å²) in [6.45, 7) is 6.70. The van der Waals surface area contributed by atoms with E-state index in [9.17, 15) is 9.90 Å². The van der Waals surface area contributed by atoms with E-state index < -0.39 is 0 Å². The molecule has 128 valence electrons. The van der Waals surface area contributed by atoms with E-state index in [0.29, 0.717) is 17.1 Å². The largest absolute Gasteiger partial charge is 0.393 e. The second-order valence-electron chi connectivity index (χ2n) is 9.44. The summed E-state index contributed by atoms with van der Waals surface area (Å²) < 4.78 is 0. The normalized spacial score (nSPS) is 52.2. The Morgan fingerprint density at radius 2 is 1.96 bits per heavy atom. The summed E-state index contributed by atoms with van der Waals surface area (Å²) in [4.78, 5) is 12.2. The van der Waals surface area contributed by atoms with Gasteiger partial charge >= 0.3 is 0 Å². The van der Waals surface area contributed by atoms with Crippen LogP contribution >= 0.6 is 0 Å². The molecule has 7 atom stereocenters. The molecule has 0 amide bonds. The fourth-order valence-corrected chi connectivity index (χ4v) is 7.31. The maximum atomic E-state index is 12.2. The van der Waals surface area contributed by atoms with Gasteiger partial charge in [-0.15, -0.1) is 0 Å². The molecule has 4 aliphatic carbocycles. The number of allylic oxidation sites excluding steroid dienone is 1. The first-order chi connectivity index (χ1) is 10.9. The van der Waals surface area contributed by atoms with Crippen molar-refractivity contribution < 1.29 is 9.90 Å². The Labute approximate surface area is 140 Å². The smallest absolute Gasteiger partial charge is 0.133 e. The van der Waals surface area contributed by atoms with E-state index in [4.69, 9.17) is 0 Å². The number of hydrogen-bond acceptors (Lipinski definition) is 2. The summed E-state index contributed by atoms with van der Waals surface area (Å²) in [7, 11) is 0. The molecule has 0 unspecified atom stereocenters. The minimum Gasteiger partial charge on any atom is -0.393 e. The third kappa shape index (κ3) is 2.13. The lowest BCUT2D eigenvalue weighted by Crippen LogP contribution is -2.50. The first kappa shape index (κ1) is 15.9. The van der Waals surface area contributed by atoms with Crippen LogP contribution in [0.1, 0.15) is 72.1 Å². The molecular formula is C21H32O2. The van der Waals surface area contributed by atoms with E-state index in [-0.39, 0.29) is 11.5 Å². The first-order valence-electron chi connectivity index (χ1n) is 9.74. The SMILES string of the molecule is CC(=O)[C@H]1CC[C@H]2[C@@H]3CC=C4[14CH2][C@@H](O)CC[C@]4(C)[C@H]3CC[C@]12C. The van der Waals surface area contributed by atoms with Crippen LogP contribution in [0.4, 0.5) is 0 Å². The molecule has 3 saturated carbocycles. The summed E-state index contributed by atoms with van der Waals surface area (Å²) in [5, 5.41) is 10.1. The number of ketones is 1. The maximum absolute atomic E-state index is 12.2. The number of rotatable bonds is 1. The van der Waals surface area contributed by atoms with Gasteiger partial charge in [0.05, 0.1) is 6.10 Å². The van der Waals surface area contributed by atoms with Gasteiger partial charge in [0.15, 0.2) is 0 Å². The van der Waals surface area contributed by atoms with Gasteiger partial charge in [-0.2, -0.15) is 0 Å². The molecule has 0 aliphatic heterocycles. The van der Waals surface area contributed by atoms with Crippen LogP contribution in [0, 0.1) is 34.5 Å². The number of fused-ring (bicyclic) bond motifs is 5. The molecule has 4 aliphatic rings. The molecule has 1 N–H and O–H groups in total. The van der Waals surface area contributed by atoms with Crippen LogP contribution in [-0.4, -0.2) is 17.0 Å². The Morgan fingerprint density at radius 3 is 2.70 bits per heavy atom. The Morgan fingerprint density at radius 1 is 1.17 bits per heavy atom. The molecule has 0 aromatic heterocycles. The van der Waals surface area contributed by atoms with Gasteiger partial charge in [-0.3, -0.25) is 4.79 Å². The molecule has 0 radical (unpaired) electrons. The maximum Gasteiger partial charge on any atom is 0.133 e. The number of hydrogen-bond donors (Lipinski definition) is 1. The molecular weight excluding hydrogens is 286 g/mol. The molecule has 0 bridgehead atoms. The molecule has 3 fully saturated rings. The van der Waals surface area contributed by atoms with Crippen molar-refractivity contribution in [1.29, 1.82) is 0 Å². The predicted molar refractivity (Wildman–Crippen MR) is 91.9 cm³/mol. The highest BCUT2D eigenvalue weighted by molar-refractivity contribution is 5.79. The van der Waals surface area contributed by atoms with Crippen molar-refractivity contribution in [2.24, 2.45) is 34.5 Å². The number of Topliss-reactive ketones (excluding diaryl/α,β-unsaturated/α-hetero) is 1. The first-order valence-corrected chi connectivity index (χ1v) is 9.74. The quantitative estimate of drug-likeness (QED) is 0.722. The highest BCUT2D eigenvalue weighted by atomic mass is 16.3. The lowest BCUT2D eigenvalue weighted by Gasteiger charge is -2.57. The van der Waals surface area contributed by atoms with E-state index in [0.717, 1.165) is 43.4 Å². The number of aliphatic hydroxyl groups is 1. The summed E-state index contributed by atoms with van der Waals surface area (Å²) in [5.41, 5.74) is 2.11. The average Bonchev–Trinajstić information content (AvgIpc) is 2.85. The van der Waals surface area contributed by atoms with Gasteiger partial charge in [-0.1, -0.05) is 25.5 Å². The summed E-state index contributed by atoms with van der Waals surface area (Å²) >= 11 is 0. The summed E-state index contributed by atoms with van der Waals surface area (Å²) in [6.07, 6.45) is 11.5. The molecule has 4 rings (SSSR count). The zero-order valence-corrected chi connectivity index (χ0v) is 15.0. The van der Waals surface area contributed by atoms with Crippen molar-refractivity contribution in [1.82, 2.24) is 0 Å². The third-order valence-electron chi connectivity index (χ3n) is 8.57. The van der Waals surface area contributed by atoms with Gasteiger partial charge in [0.25, 0.3) is 0 Å². The molecule has 2 nitrogen and oxygen atoms in total. The molecule has 0 spiro atoms. The molecule has 0 saturated heterocycles. The Hall–Kier alpha value is -0.630. The van der Waals surface area contributed by atoms with Crippen LogP contribution in [0.2, 0.25) is 0 Å². The van der Waals surface area contributed by atoms with E-state index >= 15 is 0 Å². The number of carbonyl (C=O) groups excluding carboxylic acids is 1. The van der Waals surface area contributed by atoms with Gasteiger partial charge in [-0.25, -0.2) is 0 Å². The van der Waals surface area contributed by atoms with E-state index in [1.165, 1.54) is 25.7 Å². The van der Waals surface area contributed by atoms with Crippen LogP contribution in [0.3, 0.4) is 0 Å². The van der Waals surface area contributed by atoms with Crippen LogP contribution in [-0.2, 0) is 4.79 Å². The second-order valence-corrected chi connectivity index (χ2v) is 9.44. The Balaban J connectivity index is 1.66.